The minimum atomic E-state index is 0.585. The van der Waals surface area contributed by atoms with Crippen LogP contribution in [0.15, 0.2) is 30.3 Å². The predicted molar refractivity (Wildman–Crippen MR) is 84.5 cm³/mol. The van der Waals surface area contributed by atoms with Crippen molar-refractivity contribution < 1.29 is 0 Å². The molecule has 2 nitrogen and oxygen atoms in total. The largest absolute Gasteiger partial charge is 0.316 e. The van der Waals surface area contributed by atoms with Gasteiger partial charge in [0.25, 0.3) is 0 Å². The minimum Gasteiger partial charge on any atom is -0.316 e. The topological polar surface area (TPSA) is 15.3 Å². The van der Waals surface area contributed by atoms with Gasteiger partial charge in [-0.25, -0.2) is 0 Å². The molecule has 2 atom stereocenters. The fourth-order valence-corrected chi connectivity index (χ4v) is 2.48. The maximum Gasteiger partial charge on any atom is 0.0167 e. The maximum absolute atomic E-state index is 3.58. The first-order valence-electron chi connectivity index (χ1n) is 7.41. The molecule has 0 radical (unpaired) electrons. The third-order valence-electron chi connectivity index (χ3n) is 3.63. The van der Waals surface area contributed by atoms with Crippen LogP contribution in [0, 0.1) is 11.8 Å². The van der Waals surface area contributed by atoms with Crippen molar-refractivity contribution in [2.45, 2.75) is 33.2 Å². The summed E-state index contributed by atoms with van der Waals surface area (Å²) in [6, 6.07) is 11.4. The highest BCUT2D eigenvalue weighted by atomic mass is 15.1. The number of nitrogens with zero attached hydrogens (tertiary/aromatic N) is 1. The molecule has 19 heavy (non-hydrogen) atoms. The van der Waals surface area contributed by atoms with Gasteiger partial charge in [-0.3, -0.25) is 0 Å². The molecule has 0 heterocycles. The molecule has 0 aromatic heterocycles. The van der Waals surface area contributed by atoms with E-state index in [1.165, 1.54) is 5.56 Å². The number of nitrogens with one attached hydrogen (secondary N) is 1. The van der Waals surface area contributed by atoms with Gasteiger partial charge in [-0.1, -0.05) is 51.1 Å². The lowest BCUT2D eigenvalue weighted by atomic mass is 9.94. The molecule has 1 rings (SSSR count). The van der Waals surface area contributed by atoms with E-state index < -0.39 is 0 Å². The van der Waals surface area contributed by atoms with Gasteiger partial charge in [0.15, 0.2) is 0 Å². The average Bonchev–Trinajstić information content (AvgIpc) is 2.36. The summed E-state index contributed by atoms with van der Waals surface area (Å²) >= 11 is 0. The molecule has 0 aliphatic carbocycles. The zero-order valence-corrected chi connectivity index (χ0v) is 13.2. The van der Waals surface area contributed by atoms with Crippen LogP contribution in [0.3, 0.4) is 0 Å². The highest BCUT2D eigenvalue weighted by Gasteiger charge is 2.19. The van der Waals surface area contributed by atoms with Crippen LogP contribution in [-0.2, 0) is 6.42 Å². The van der Waals surface area contributed by atoms with E-state index in [1.54, 1.807) is 0 Å². The molecule has 0 spiro atoms. The first-order valence-corrected chi connectivity index (χ1v) is 7.41. The Balaban J connectivity index is 2.52. The van der Waals surface area contributed by atoms with Crippen molar-refractivity contribution in [3.8, 4) is 0 Å². The Labute approximate surface area is 119 Å². The van der Waals surface area contributed by atoms with E-state index in [2.05, 4.69) is 75.4 Å². The molecule has 0 aliphatic heterocycles. The summed E-state index contributed by atoms with van der Waals surface area (Å²) in [5, 5.41) is 3.58. The zero-order valence-electron chi connectivity index (χ0n) is 13.2. The molecular weight excluding hydrogens is 232 g/mol. The Kier molecular flexibility index (Phi) is 7.11. The Morgan fingerprint density at radius 1 is 1.00 bits per heavy atom. The van der Waals surface area contributed by atoms with E-state index in [9.17, 15) is 0 Å². The Bertz CT molecular complexity index is 332. The Morgan fingerprint density at radius 3 is 2.16 bits per heavy atom. The van der Waals surface area contributed by atoms with Crippen molar-refractivity contribution in [3.05, 3.63) is 35.9 Å². The molecular formula is C17H30N2. The summed E-state index contributed by atoms with van der Waals surface area (Å²) in [5.74, 6) is 1.37. The zero-order chi connectivity index (χ0) is 14.3. The van der Waals surface area contributed by atoms with Crippen molar-refractivity contribution in [1.82, 2.24) is 10.2 Å². The normalized spacial score (nSPS) is 14.9. The fraction of sp³-hybridized carbons (Fsp3) is 0.647. The van der Waals surface area contributed by atoms with Crippen LogP contribution < -0.4 is 5.32 Å². The van der Waals surface area contributed by atoms with Gasteiger partial charge in [0.2, 0.25) is 0 Å². The SMILES string of the molecule is CC(C)CNC[C@@H](C)[C@H](Cc1ccccc1)N(C)C. The quantitative estimate of drug-likeness (QED) is 0.774. The van der Waals surface area contributed by atoms with Crippen molar-refractivity contribution >= 4 is 0 Å². The van der Waals surface area contributed by atoms with Crippen LogP contribution in [-0.4, -0.2) is 38.1 Å². The smallest absolute Gasteiger partial charge is 0.0167 e. The van der Waals surface area contributed by atoms with Crippen LogP contribution in [0.5, 0.6) is 0 Å². The Morgan fingerprint density at radius 2 is 1.63 bits per heavy atom. The number of benzene rings is 1. The molecule has 0 saturated heterocycles. The van der Waals surface area contributed by atoms with E-state index in [0.717, 1.165) is 25.4 Å². The highest BCUT2D eigenvalue weighted by molar-refractivity contribution is 5.16. The molecule has 108 valence electrons. The van der Waals surface area contributed by atoms with Gasteiger partial charge in [-0.05, 0) is 51.0 Å². The number of hydrogen-bond acceptors (Lipinski definition) is 2. The monoisotopic (exact) mass is 262 g/mol. The number of rotatable bonds is 8. The van der Waals surface area contributed by atoms with E-state index in [1.807, 2.05) is 0 Å². The van der Waals surface area contributed by atoms with Crippen molar-refractivity contribution in [3.63, 3.8) is 0 Å². The second-order valence-corrected chi connectivity index (χ2v) is 6.25. The standard InChI is InChI=1S/C17H30N2/c1-14(2)12-18-13-15(3)17(19(4)5)11-16-9-7-6-8-10-16/h6-10,14-15,17-18H,11-13H2,1-5H3/t15-,17+/m1/s1. The maximum atomic E-state index is 3.58. The lowest BCUT2D eigenvalue weighted by Gasteiger charge is -2.30. The lowest BCUT2D eigenvalue weighted by Crippen LogP contribution is -2.41. The van der Waals surface area contributed by atoms with Crippen LogP contribution >= 0.6 is 0 Å². The number of likely N-dealkylation sites (N-methyl/N-ethyl adjacent to an activating group) is 1. The average molecular weight is 262 g/mol. The molecule has 0 fully saturated rings. The van der Waals surface area contributed by atoms with E-state index in [0.29, 0.717) is 12.0 Å². The first kappa shape index (κ1) is 16.2. The second kappa shape index (κ2) is 8.34. The third kappa shape index (κ3) is 6.22. The predicted octanol–water partition coefficient (Wildman–Crippen LogP) is 3.04. The fourth-order valence-electron chi connectivity index (χ4n) is 2.48. The molecule has 0 saturated carbocycles. The summed E-state index contributed by atoms with van der Waals surface area (Å²) in [5.41, 5.74) is 1.43. The van der Waals surface area contributed by atoms with Gasteiger partial charge in [0.1, 0.15) is 0 Å². The molecule has 0 amide bonds. The van der Waals surface area contributed by atoms with Crippen LogP contribution in [0.25, 0.3) is 0 Å². The van der Waals surface area contributed by atoms with Crippen molar-refractivity contribution in [1.29, 1.82) is 0 Å². The highest BCUT2D eigenvalue weighted by Crippen LogP contribution is 2.14. The summed E-state index contributed by atoms with van der Waals surface area (Å²) < 4.78 is 0. The molecule has 0 unspecified atom stereocenters. The summed E-state index contributed by atoms with van der Waals surface area (Å²) in [7, 11) is 4.37. The molecule has 1 N–H and O–H groups in total. The molecule has 0 bridgehead atoms. The van der Waals surface area contributed by atoms with Crippen LogP contribution in [0.2, 0.25) is 0 Å². The first-order chi connectivity index (χ1) is 9.00. The van der Waals surface area contributed by atoms with E-state index in [-0.39, 0.29) is 0 Å². The summed E-state index contributed by atoms with van der Waals surface area (Å²) in [6.45, 7) is 9.06. The molecule has 2 heteroatoms. The molecule has 1 aromatic carbocycles. The van der Waals surface area contributed by atoms with Crippen molar-refractivity contribution in [2.24, 2.45) is 11.8 Å². The lowest BCUT2D eigenvalue weighted by molar-refractivity contribution is 0.213. The second-order valence-electron chi connectivity index (χ2n) is 6.25. The minimum absolute atomic E-state index is 0.585. The van der Waals surface area contributed by atoms with Gasteiger partial charge in [0.05, 0.1) is 0 Å². The van der Waals surface area contributed by atoms with Crippen LogP contribution in [0.1, 0.15) is 26.3 Å². The summed E-state index contributed by atoms with van der Waals surface area (Å²) in [6.07, 6.45) is 1.12. The van der Waals surface area contributed by atoms with Gasteiger partial charge < -0.3 is 10.2 Å². The third-order valence-corrected chi connectivity index (χ3v) is 3.63. The summed E-state index contributed by atoms with van der Waals surface area (Å²) in [4.78, 5) is 2.36. The van der Waals surface area contributed by atoms with Gasteiger partial charge in [-0.2, -0.15) is 0 Å². The van der Waals surface area contributed by atoms with Gasteiger partial charge in [0, 0.05) is 6.04 Å². The molecule has 1 aromatic rings. The number of hydrogen-bond donors (Lipinski definition) is 1. The van der Waals surface area contributed by atoms with Gasteiger partial charge >= 0.3 is 0 Å². The van der Waals surface area contributed by atoms with Gasteiger partial charge in [-0.15, -0.1) is 0 Å². The van der Waals surface area contributed by atoms with E-state index >= 15 is 0 Å². The van der Waals surface area contributed by atoms with Crippen LogP contribution in [0.4, 0.5) is 0 Å². The van der Waals surface area contributed by atoms with E-state index in [4.69, 9.17) is 0 Å². The molecule has 0 aliphatic rings. The van der Waals surface area contributed by atoms with Crippen molar-refractivity contribution in [2.75, 3.05) is 27.2 Å². The Hall–Kier alpha value is -0.860.